The lowest BCUT2D eigenvalue weighted by atomic mass is 10.1. The molecule has 0 fully saturated rings. The van der Waals surface area contributed by atoms with Crippen LogP contribution in [0.1, 0.15) is 5.56 Å². The average molecular weight is 247 g/mol. The Bertz CT molecular complexity index is 668. The molecule has 0 saturated heterocycles. The lowest BCUT2D eigenvalue weighted by Gasteiger charge is -2.21. The van der Waals surface area contributed by atoms with E-state index in [9.17, 15) is 0 Å². The van der Waals surface area contributed by atoms with Crippen molar-refractivity contribution in [2.45, 2.75) is 6.54 Å². The van der Waals surface area contributed by atoms with Crippen molar-refractivity contribution in [3.8, 4) is 0 Å². The second kappa shape index (κ2) is 5.15. The van der Waals surface area contributed by atoms with Crippen LogP contribution >= 0.6 is 0 Å². The summed E-state index contributed by atoms with van der Waals surface area (Å²) in [6, 6.07) is 25.6. The maximum absolute atomic E-state index is 2.30. The highest BCUT2D eigenvalue weighted by Gasteiger charge is 2.05. The van der Waals surface area contributed by atoms with E-state index in [0.29, 0.717) is 0 Å². The zero-order valence-corrected chi connectivity index (χ0v) is 11.1. The van der Waals surface area contributed by atoms with Crippen molar-refractivity contribution in [1.29, 1.82) is 0 Å². The molecule has 0 spiro atoms. The Labute approximate surface area is 114 Å². The summed E-state index contributed by atoms with van der Waals surface area (Å²) in [6.45, 7) is 0.925. The molecule has 1 nitrogen and oxygen atoms in total. The normalized spacial score (nSPS) is 10.6. The Kier molecular flexibility index (Phi) is 3.20. The standard InChI is InChI=1S/C18H17N/c1-19(14-15-8-3-2-4-9-15)18-13-7-11-16-10-5-6-12-17(16)18/h2-13H,14H2,1H3. The fraction of sp³-hybridized carbons (Fsp3) is 0.111. The summed E-state index contributed by atoms with van der Waals surface area (Å²) in [6.07, 6.45) is 0. The largest absolute Gasteiger partial charge is 0.370 e. The van der Waals surface area contributed by atoms with Gasteiger partial charge in [-0.3, -0.25) is 0 Å². The van der Waals surface area contributed by atoms with E-state index in [4.69, 9.17) is 0 Å². The molecule has 0 amide bonds. The summed E-state index contributed by atoms with van der Waals surface area (Å²) in [5, 5.41) is 2.60. The number of fused-ring (bicyclic) bond motifs is 1. The van der Waals surface area contributed by atoms with E-state index in [2.05, 4.69) is 84.7 Å². The summed E-state index contributed by atoms with van der Waals surface area (Å²) in [5.41, 5.74) is 2.61. The minimum absolute atomic E-state index is 0.925. The van der Waals surface area contributed by atoms with Crippen LogP contribution in [0.5, 0.6) is 0 Å². The molecule has 0 heterocycles. The van der Waals surface area contributed by atoms with Crippen molar-refractivity contribution < 1.29 is 0 Å². The summed E-state index contributed by atoms with van der Waals surface area (Å²) >= 11 is 0. The van der Waals surface area contributed by atoms with Crippen LogP contribution in [0.25, 0.3) is 10.8 Å². The number of hydrogen-bond acceptors (Lipinski definition) is 1. The Morgan fingerprint density at radius 1 is 0.737 bits per heavy atom. The second-order valence-electron chi connectivity index (χ2n) is 4.84. The van der Waals surface area contributed by atoms with E-state index < -0.39 is 0 Å². The quantitative estimate of drug-likeness (QED) is 0.659. The lowest BCUT2D eigenvalue weighted by Crippen LogP contribution is -2.16. The predicted octanol–water partition coefficient (Wildman–Crippen LogP) is 4.48. The topological polar surface area (TPSA) is 3.24 Å². The van der Waals surface area contributed by atoms with Crippen LogP contribution in [0.2, 0.25) is 0 Å². The summed E-state index contributed by atoms with van der Waals surface area (Å²) < 4.78 is 0. The van der Waals surface area contributed by atoms with Gasteiger partial charge in [-0.05, 0) is 17.0 Å². The third-order valence-electron chi connectivity index (χ3n) is 3.44. The molecule has 1 heteroatoms. The van der Waals surface area contributed by atoms with Crippen LogP contribution in [0.4, 0.5) is 5.69 Å². The molecule has 0 aromatic heterocycles. The molecule has 0 aliphatic rings. The van der Waals surface area contributed by atoms with Gasteiger partial charge < -0.3 is 4.90 Å². The number of nitrogens with zero attached hydrogens (tertiary/aromatic N) is 1. The highest BCUT2D eigenvalue weighted by atomic mass is 15.1. The highest BCUT2D eigenvalue weighted by Crippen LogP contribution is 2.26. The first-order valence-electron chi connectivity index (χ1n) is 6.57. The molecular formula is C18H17N. The Morgan fingerprint density at radius 2 is 1.42 bits per heavy atom. The van der Waals surface area contributed by atoms with Crippen molar-refractivity contribution in [2.75, 3.05) is 11.9 Å². The van der Waals surface area contributed by atoms with Gasteiger partial charge in [-0.25, -0.2) is 0 Å². The van der Waals surface area contributed by atoms with Gasteiger partial charge in [0.05, 0.1) is 0 Å². The molecule has 0 unspecified atom stereocenters. The van der Waals surface area contributed by atoms with E-state index in [0.717, 1.165) is 6.54 Å². The van der Waals surface area contributed by atoms with Gasteiger partial charge in [0.1, 0.15) is 0 Å². The van der Waals surface area contributed by atoms with Crippen LogP contribution in [-0.2, 0) is 6.54 Å². The van der Waals surface area contributed by atoms with Crippen LogP contribution in [0.15, 0.2) is 72.8 Å². The number of rotatable bonds is 3. The molecule has 0 aliphatic heterocycles. The number of benzene rings is 3. The second-order valence-corrected chi connectivity index (χ2v) is 4.84. The zero-order chi connectivity index (χ0) is 13.1. The molecule has 0 radical (unpaired) electrons. The molecule has 0 bridgehead atoms. The van der Waals surface area contributed by atoms with Crippen molar-refractivity contribution in [2.24, 2.45) is 0 Å². The van der Waals surface area contributed by atoms with Crippen molar-refractivity contribution in [1.82, 2.24) is 0 Å². The first-order valence-corrected chi connectivity index (χ1v) is 6.57. The predicted molar refractivity (Wildman–Crippen MR) is 82.5 cm³/mol. The minimum Gasteiger partial charge on any atom is -0.370 e. The first kappa shape index (κ1) is 11.8. The van der Waals surface area contributed by atoms with E-state index in [1.807, 2.05) is 0 Å². The van der Waals surface area contributed by atoms with Gasteiger partial charge >= 0.3 is 0 Å². The van der Waals surface area contributed by atoms with Crippen LogP contribution in [0, 0.1) is 0 Å². The summed E-state index contributed by atoms with van der Waals surface area (Å²) in [5.74, 6) is 0. The number of hydrogen-bond donors (Lipinski definition) is 0. The van der Waals surface area contributed by atoms with Crippen molar-refractivity contribution in [3.63, 3.8) is 0 Å². The first-order chi connectivity index (χ1) is 9.34. The molecule has 3 aromatic rings. The average Bonchev–Trinajstić information content (AvgIpc) is 2.47. The summed E-state index contributed by atoms with van der Waals surface area (Å²) in [7, 11) is 2.15. The maximum atomic E-state index is 2.30. The Hall–Kier alpha value is -2.28. The van der Waals surface area contributed by atoms with E-state index >= 15 is 0 Å². The molecule has 3 aromatic carbocycles. The molecule has 19 heavy (non-hydrogen) atoms. The fourth-order valence-electron chi connectivity index (χ4n) is 2.48. The monoisotopic (exact) mass is 247 g/mol. The Balaban J connectivity index is 1.96. The van der Waals surface area contributed by atoms with Crippen LogP contribution in [-0.4, -0.2) is 7.05 Å². The third kappa shape index (κ3) is 2.45. The molecule has 94 valence electrons. The van der Waals surface area contributed by atoms with Crippen LogP contribution in [0.3, 0.4) is 0 Å². The smallest absolute Gasteiger partial charge is 0.0446 e. The zero-order valence-electron chi connectivity index (χ0n) is 11.1. The SMILES string of the molecule is CN(Cc1ccccc1)c1cccc2ccccc12. The highest BCUT2D eigenvalue weighted by molar-refractivity contribution is 5.94. The van der Waals surface area contributed by atoms with E-state index in [-0.39, 0.29) is 0 Å². The van der Waals surface area contributed by atoms with Gasteiger partial charge in [-0.15, -0.1) is 0 Å². The van der Waals surface area contributed by atoms with Crippen molar-refractivity contribution in [3.05, 3.63) is 78.4 Å². The molecule has 0 atom stereocenters. The van der Waals surface area contributed by atoms with Gasteiger partial charge in [0.25, 0.3) is 0 Å². The Morgan fingerprint density at radius 3 is 2.26 bits per heavy atom. The molecule has 0 saturated carbocycles. The molecule has 3 rings (SSSR count). The maximum Gasteiger partial charge on any atom is 0.0446 e. The fourth-order valence-corrected chi connectivity index (χ4v) is 2.48. The lowest BCUT2D eigenvalue weighted by molar-refractivity contribution is 0.928. The summed E-state index contributed by atoms with van der Waals surface area (Å²) in [4.78, 5) is 2.30. The van der Waals surface area contributed by atoms with Gasteiger partial charge in [-0.2, -0.15) is 0 Å². The van der Waals surface area contributed by atoms with Crippen molar-refractivity contribution >= 4 is 16.5 Å². The molecule has 0 aliphatic carbocycles. The van der Waals surface area contributed by atoms with Gasteiger partial charge in [0.2, 0.25) is 0 Å². The molecular weight excluding hydrogens is 230 g/mol. The minimum atomic E-state index is 0.925. The van der Waals surface area contributed by atoms with Gasteiger partial charge in [0.15, 0.2) is 0 Å². The third-order valence-corrected chi connectivity index (χ3v) is 3.44. The molecule has 0 N–H and O–H groups in total. The number of anilines is 1. The van der Waals surface area contributed by atoms with E-state index in [1.165, 1.54) is 22.0 Å². The van der Waals surface area contributed by atoms with E-state index in [1.54, 1.807) is 0 Å². The van der Waals surface area contributed by atoms with Crippen LogP contribution < -0.4 is 4.90 Å². The van der Waals surface area contributed by atoms with Gasteiger partial charge in [0, 0.05) is 24.7 Å². The van der Waals surface area contributed by atoms with Gasteiger partial charge in [-0.1, -0.05) is 66.7 Å².